The third-order valence-electron chi connectivity index (χ3n) is 4.89. The highest BCUT2D eigenvalue weighted by Crippen LogP contribution is 2.42. The van der Waals surface area contributed by atoms with Crippen LogP contribution >= 0.6 is 23.4 Å². The molecule has 0 bridgehead atoms. The van der Waals surface area contributed by atoms with Gasteiger partial charge in [-0.15, -0.1) is 0 Å². The largest absolute Gasteiger partial charge is 0.464 e. The summed E-state index contributed by atoms with van der Waals surface area (Å²) in [5.74, 6) is -0.596. The van der Waals surface area contributed by atoms with Crippen molar-refractivity contribution >= 4 is 40.8 Å². The van der Waals surface area contributed by atoms with Crippen molar-refractivity contribution in [1.82, 2.24) is 9.97 Å². The van der Waals surface area contributed by atoms with Crippen LogP contribution in [0, 0.1) is 10.1 Å². The zero-order valence-electron chi connectivity index (χ0n) is 18.3. The summed E-state index contributed by atoms with van der Waals surface area (Å²) in [4.78, 5) is 31.1. The molecule has 0 unspecified atom stereocenters. The standard InChI is InChI=1S/C19H27ClN4O7S/c1-5-7-32-18-22-16(20)13(24(26)27)17(23-18)21-10-8-11(29-9-12(25)28-6-2)15-14(10)30-19(3,4)31-15/h10-11,14-15H,5-9H2,1-4H3,(H,21,22,23)/t10-,11+,14+,15-/m1/s1. The summed E-state index contributed by atoms with van der Waals surface area (Å²) < 4.78 is 22.7. The summed E-state index contributed by atoms with van der Waals surface area (Å²) in [7, 11) is 0. The minimum absolute atomic E-state index is 0.0108. The quantitative estimate of drug-likeness (QED) is 0.129. The molecule has 0 radical (unpaired) electrons. The number of carbonyl (C=O) groups is 1. The molecular formula is C19H27ClN4O7S. The van der Waals surface area contributed by atoms with Crippen LogP contribution in [-0.4, -0.2) is 70.0 Å². The molecule has 2 fully saturated rings. The SMILES string of the molecule is CCCSc1nc(Cl)c([N+](=O)[O-])c(N[C@@H]2C[C@H](OCC(=O)OCC)[C@H]3OC(C)(C)O[C@H]32)n1. The van der Waals surface area contributed by atoms with Crippen molar-refractivity contribution in [2.75, 3.05) is 24.3 Å². The molecule has 11 nitrogen and oxygen atoms in total. The molecule has 2 heterocycles. The van der Waals surface area contributed by atoms with Gasteiger partial charge in [-0.25, -0.2) is 9.78 Å². The van der Waals surface area contributed by atoms with Crippen molar-refractivity contribution in [3.8, 4) is 0 Å². The van der Waals surface area contributed by atoms with Crippen molar-refractivity contribution in [2.45, 2.75) is 75.8 Å². The summed E-state index contributed by atoms with van der Waals surface area (Å²) in [5.41, 5.74) is -0.405. The first-order valence-electron chi connectivity index (χ1n) is 10.4. The van der Waals surface area contributed by atoms with E-state index >= 15 is 0 Å². The molecule has 0 spiro atoms. The van der Waals surface area contributed by atoms with Crippen LogP contribution in [0.25, 0.3) is 0 Å². The molecule has 1 saturated heterocycles. The summed E-state index contributed by atoms with van der Waals surface area (Å²) in [6.07, 6.45) is -0.160. The molecule has 1 aromatic rings. The third-order valence-corrected chi connectivity index (χ3v) is 6.21. The van der Waals surface area contributed by atoms with E-state index in [0.717, 1.165) is 12.2 Å². The van der Waals surface area contributed by atoms with Gasteiger partial charge in [0.15, 0.2) is 10.9 Å². The number of anilines is 1. The van der Waals surface area contributed by atoms with Gasteiger partial charge in [-0.2, -0.15) is 4.98 Å². The lowest BCUT2D eigenvalue weighted by Crippen LogP contribution is -2.35. The summed E-state index contributed by atoms with van der Waals surface area (Å²) in [5, 5.41) is 14.9. The Morgan fingerprint density at radius 1 is 1.34 bits per heavy atom. The Morgan fingerprint density at radius 3 is 2.72 bits per heavy atom. The fourth-order valence-corrected chi connectivity index (χ4v) is 4.71. The molecule has 1 aliphatic carbocycles. The number of nitro groups is 1. The lowest BCUT2D eigenvalue weighted by molar-refractivity contribution is -0.384. The van der Waals surface area contributed by atoms with Crippen molar-refractivity contribution in [3.05, 3.63) is 15.3 Å². The maximum Gasteiger partial charge on any atom is 0.348 e. The highest BCUT2D eigenvalue weighted by Gasteiger charge is 2.55. The summed E-state index contributed by atoms with van der Waals surface area (Å²) in [6, 6.07) is -0.428. The Kier molecular flexibility index (Phi) is 8.15. The van der Waals surface area contributed by atoms with Gasteiger partial charge in [-0.05, 0) is 33.6 Å². The summed E-state index contributed by atoms with van der Waals surface area (Å²) >= 11 is 7.48. The number of rotatable bonds is 10. The van der Waals surface area contributed by atoms with E-state index in [1.165, 1.54) is 11.8 Å². The zero-order valence-corrected chi connectivity index (χ0v) is 19.9. The second kappa shape index (κ2) is 10.5. The highest BCUT2D eigenvalue weighted by atomic mass is 35.5. The van der Waals surface area contributed by atoms with Crippen LogP contribution in [0.4, 0.5) is 11.5 Å². The molecule has 32 heavy (non-hydrogen) atoms. The monoisotopic (exact) mass is 490 g/mol. The molecule has 1 N–H and O–H groups in total. The highest BCUT2D eigenvalue weighted by molar-refractivity contribution is 7.99. The van der Waals surface area contributed by atoms with Crippen LogP contribution < -0.4 is 5.32 Å². The van der Waals surface area contributed by atoms with Gasteiger partial charge in [0.25, 0.3) is 0 Å². The molecule has 178 valence electrons. The Hall–Kier alpha value is -1.73. The van der Waals surface area contributed by atoms with Gasteiger partial charge in [0.05, 0.1) is 23.7 Å². The Bertz CT molecular complexity index is 859. The van der Waals surface area contributed by atoms with E-state index in [1.54, 1.807) is 20.8 Å². The fourth-order valence-electron chi connectivity index (χ4n) is 3.72. The second-order valence-corrected chi connectivity index (χ2v) is 9.23. The van der Waals surface area contributed by atoms with Gasteiger partial charge in [0, 0.05) is 5.75 Å². The number of nitrogens with one attached hydrogen (secondary N) is 1. The van der Waals surface area contributed by atoms with Gasteiger partial charge in [-0.3, -0.25) is 10.1 Å². The number of thioether (sulfide) groups is 1. The zero-order chi connectivity index (χ0) is 23.5. The summed E-state index contributed by atoms with van der Waals surface area (Å²) in [6.45, 7) is 7.30. The molecule has 4 atom stereocenters. The number of carbonyl (C=O) groups excluding carboxylic acids is 1. The van der Waals surface area contributed by atoms with Crippen molar-refractivity contribution in [2.24, 2.45) is 0 Å². The molecular weight excluding hydrogens is 464 g/mol. The molecule has 1 aromatic heterocycles. The number of nitrogens with zero attached hydrogens (tertiary/aromatic N) is 3. The number of halogens is 1. The maximum atomic E-state index is 11.7. The van der Waals surface area contributed by atoms with Gasteiger partial charge in [-0.1, -0.05) is 30.3 Å². The van der Waals surface area contributed by atoms with Gasteiger partial charge < -0.3 is 24.3 Å². The smallest absolute Gasteiger partial charge is 0.348 e. The van der Waals surface area contributed by atoms with Crippen molar-refractivity contribution < 1.29 is 28.7 Å². The van der Waals surface area contributed by atoms with E-state index in [0.29, 0.717) is 11.6 Å². The minimum Gasteiger partial charge on any atom is -0.464 e. The Labute approximate surface area is 195 Å². The fraction of sp³-hybridized carbons (Fsp3) is 0.737. The minimum atomic E-state index is -0.876. The molecule has 3 rings (SSSR count). The first-order valence-corrected chi connectivity index (χ1v) is 11.8. The number of hydrogen-bond donors (Lipinski definition) is 1. The van der Waals surface area contributed by atoms with E-state index in [2.05, 4.69) is 15.3 Å². The third kappa shape index (κ3) is 5.79. The first kappa shape index (κ1) is 24.9. The second-order valence-electron chi connectivity index (χ2n) is 7.81. The molecule has 0 aromatic carbocycles. The van der Waals surface area contributed by atoms with Crippen LogP contribution in [0.5, 0.6) is 0 Å². The number of aromatic nitrogens is 2. The van der Waals surface area contributed by atoms with Crippen molar-refractivity contribution in [1.29, 1.82) is 0 Å². The Balaban J connectivity index is 1.83. The molecule has 2 aliphatic rings. The topological polar surface area (TPSA) is 135 Å². The van der Waals surface area contributed by atoms with E-state index in [-0.39, 0.29) is 24.2 Å². The van der Waals surface area contributed by atoms with E-state index in [4.69, 9.17) is 30.5 Å². The van der Waals surface area contributed by atoms with Crippen LogP contribution in [-0.2, 0) is 23.7 Å². The number of hydrogen-bond acceptors (Lipinski definition) is 11. The lowest BCUT2D eigenvalue weighted by Gasteiger charge is -2.24. The average molecular weight is 491 g/mol. The molecule has 1 aliphatic heterocycles. The Morgan fingerprint density at radius 2 is 2.06 bits per heavy atom. The van der Waals surface area contributed by atoms with Gasteiger partial charge >= 0.3 is 11.7 Å². The predicted octanol–water partition coefficient (Wildman–Crippen LogP) is 3.19. The van der Waals surface area contributed by atoms with Crippen LogP contribution in [0.1, 0.15) is 40.5 Å². The molecule has 0 amide bonds. The van der Waals surface area contributed by atoms with Crippen LogP contribution in [0.15, 0.2) is 5.16 Å². The van der Waals surface area contributed by atoms with E-state index in [9.17, 15) is 14.9 Å². The number of esters is 1. The van der Waals surface area contributed by atoms with Gasteiger partial charge in [0.1, 0.15) is 18.8 Å². The van der Waals surface area contributed by atoms with Crippen molar-refractivity contribution in [3.63, 3.8) is 0 Å². The number of ether oxygens (including phenoxy) is 4. The molecule has 1 saturated carbocycles. The van der Waals surface area contributed by atoms with E-state index < -0.39 is 46.7 Å². The normalized spacial score (nSPS) is 26.0. The maximum absolute atomic E-state index is 11.7. The predicted molar refractivity (Wildman–Crippen MR) is 117 cm³/mol. The van der Waals surface area contributed by atoms with Crippen LogP contribution in [0.2, 0.25) is 5.15 Å². The van der Waals surface area contributed by atoms with Crippen LogP contribution in [0.3, 0.4) is 0 Å². The first-order chi connectivity index (χ1) is 15.1. The van der Waals surface area contributed by atoms with E-state index in [1.807, 2.05) is 6.92 Å². The lowest BCUT2D eigenvalue weighted by atomic mass is 10.2. The number of fused-ring (bicyclic) bond motifs is 1. The average Bonchev–Trinajstić information content (AvgIpc) is 3.18. The molecule has 13 heteroatoms. The van der Waals surface area contributed by atoms with Gasteiger partial charge in [0.2, 0.25) is 11.0 Å².